The number of ether oxygens (including phenoxy) is 1. The molecule has 3 rings (SSSR count). The summed E-state index contributed by atoms with van der Waals surface area (Å²) in [5.74, 6) is 0.899. The third-order valence-electron chi connectivity index (χ3n) is 5.15. The minimum Gasteiger partial charge on any atom is -0.378 e. The van der Waals surface area contributed by atoms with E-state index in [1.807, 2.05) is 7.05 Å². The van der Waals surface area contributed by atoms with Gasteiger partial charge in [-0.2, -0.15) is 0 Å². The van der Waals surface area contributed by atoms with Crippen LogP contribution in [0.3, 0.4) is 0 Å². The van der Waals surface area contributed by atoms with Crippen molar-refractivity contribution in [2.45, 2.75) is 64.1 Å². The van der Waals surface area contributed by atoms with Crippen molar-refractivity contribution in [1.82, 2.24) is 25.5 Å². The molecule has 2 fully saturated rings. The van der Waals surface area contributed by atoms with Crippen molar-refractivity contribution in [3.05, 3.63) is 5.82 Å². The number of aromatic nitrogens is 4. The zero-order valence-corrected chi connectivity index (χ0v) is 12.5. The van der Waals surface area contributed by atoms with Crippen LogP contribution < -0.4 is 5.32 Å². The van der Waals surface area contributed by atoms with Gasteiger partial charge in [-0.3, -0.25) is 0 Å². The van der Waals surface area contributed by atoms with E-state index >= 15 is 0 Å². The first-order valence-corrected chi connectivity index (χ1v) is 7.82. The van der Waals surface area contributed by atoms with Crippen molar-refractivity contribution in [2.75, 3.05) is 6.61 Å². The summed E-state index contributed by atoms with van der Waals surface area (Å²) < 4.78 is 7.71. The fourth-order valence-corrected chi connectivity index (χ4v) is 3.96. The van der Waals surface area contributed by atoms with Crippen LogP contribution in [0.2, 0.25) is 0 Å². The standard InChI is InChI=1S/C14H25N5O/c1-3-20-12-9-11(14(12)7-5-4-6-8-14)15-10-13-16-17-18-19(13)2/h11-12,15H,3-10H2,1-2H3/t11-,12+/m1/s1. The second-order valence-electron chi connectivity index (χ2n) is 6.13. The molecule has 1 N–H and O–H groups in total. The average Bonchev–Trinajstić information content (AvgIpc) is 2.88. The van der Waals surface area contributed by atoms with E-state index in [-0.39, 0.29) is 0 Å². The molecule has 0 bridgehead atoms. The highest BCUT2D eigenvalue weighted by molar-refractivity contribution is 5.09. The maximum Gasteiger partial charge on any atom is 0.164 e. The van der Waals surface area contributed by atoms with Gasteiger partial charge < -0.3 is 10.1 Å². The van der Waals surface area contributed by atoms with Gasteiger partial charge in [0, 0.05) is 25.1 Å². The molecule has 0 aliphatic heterocycles. The fourth-order valence-electron chi connectivity index (χ4n) is 3.96. The van der Waals surface area contributed by atoms with Gasteiger partial charge >= 0.3 is 0 Å². The summed E-state index contributed by atoms with van der Waals surface area (Å²) in [7, 11) is 1.89. The number of aryl methyl sites for hydroxylation is 1. The molecule has 0 amide bonds. The van der Waals surface area contributed by atoms with Gasteiger partial charge in [0.15, 0.2) is 5.82 Å². The van der Waals surface area contributed by atoms with Crippen molar-refractivity contribution in [3.8, 4) is 0 Å². The lowest BCUT2D eigenvalue weighted by Crippen LogP contribution is -2.64. The lowest BCUT2D eigenvalue weighted by molar-refractivity contribution is -0.150. The molecule has 1 aromatic heterocycles. The lowest BCUT2D eigenvalue weighted by atomic mass is 9.55. The van der Waals surface area contributed by atoms with E-state index in [0.717, 1.165) is 25.4 Å². The first-order chi connectivity index (χ1) is 9.76. The third-order valence-corrected chi connectivity index (χ3v) is 5.15. The summed E-state index contributed by atoms with van der Waals surface area (Å²) in [5.41, 5.74) is 0.361. The maximum atomic E-state index is 5.98. The van der Waals surface area contributed by atoms with Gasteiger partial charge in [-0.1, -0.05) is 19.3 Å². The van der Waals surface area contributed by atoms with E-state index in [1.165, 1.54) is 32.1 Å². The Morgan fingerprint density at radius 3 is 2.80 bits per heavy atom. The zero-order chi connectivity index (χ0) is 14.0. The molecule has 0 aromatic carbocycles. The Morgan fingerprint density at radius 1 is 1.35 bits per heavy atom. The van der Waals surface area contributed by atoms with Crippen LogP contribution >= 0.6 is 0 Å². The van der Waals surface area contributed by atoms with Gasteiger partial charge in [0.25, 0.3) is 0 Å². The molecule has 2 atom stereocenters. The predicted molar refractivity (Wildman–Crippen MR) is 75.0 cm³/mol. The number of nitrogens with one attached hydrogen (secondary N) is 1. The number of hydrogen-bond acceptors (Lipinski definition) is 5. The average molecular weight is 279 g/mol. The monoisotopic (exact) mass is 279 g/mol. The Morgan fingerprint density at radius 2 is 2.15 bits per heavy atom. The van der Waals surface area contributed by atoms with Crippen LogP contribution in [0.1, 0.15) is 51.3 Å². The number of tetrazole rings is 1. The summed E-state index contributed by atoms with van der Waals surface area (Å²) >= 11 is 0. The number of rotatable bonds is 5. The van der Waals surface area contributed by atoms with Crippen LogP contribution in [0.5, 0.6) is 0 Å². The topological polar surface area (TPSA) is 64.9 Å². The van der Waals surface area contributed by atoms with Crippen molar-refractivity contribution in [1.29, 1.82) is 0 Å². The molecule has 0 saturated heterocycles. The van der Waals surface area contributed by atoms with E-state index in [0.29, 0.717) is 17.6 Å². The number of nitrogens with zero attached hydrogens (tertiary/aromatic N) is 4. The quantitative estimate of drug-likeness (QED) is 0.883. The molecule has 1 spiro atoms. The molecule has 2 aliphatic rings. The van der Waals surface area contributed by atoms with Crippen molar-refractivity contribution < 1.29 is 4.74 Å². The SMILES string of the molecule is CCO[C@H]1C[C@@H](NCc2nnnn2C)C12CCCCC2. The summed E-state index contributed by atoms with van der Waals surface area (Å²) in [5, 5.41) is 15.3. The molecule has 0 unspecified atom stereocenters. The highest BCUT2D eigenvalue weighted by atomic mass is 16.5. The van der Waals surface area contributed by atoms with Crippen LogP contribution in [0.4, 0.5) is 0 Å². The van der Waals surface area contributed by atoms with E-state index in [1.54, 1.807) is 4.68 Å². The molecular formula is C14H25N5O. The second-order valence-corrected chi connectivity index (χ2v) is 6.13. The van der Waals surface area contributed by atoms with Crippen LogP contribution in [-0.2, 0) is 18.3 Å². The van der Waals surface area contributed by atoms with Crippen LogP contribution in [0, 0.1) is 5.41 Å². The molecule has 1 heterocycles. The first-order valence-electron chi connectivity index (χ1n) is 7.82. The van der Waals surface area contributed by atoms with E-state index in [9.17, 15) is 0 Å². The van der Waals surface area contributed by atoms with Gasteiger partial charge in [-0.25, -0.2) is 4.68 Å². The van der Waals surface area contributed by atoms with Crippen molar-refractivity contribution in [2.24, 2.45) is 12.5 Å². The molecule has 20 heavy (non-hydrogen) atoms. The maximum absolute atomic E-state index is 5.98. The second kappa shape index (κ2) is 5.77. The Kier molecular flexibility index (Phi) is 4.03. The Bertz CT molecular complexity index is 441. The van der Waals surface area contributed by atoms with Gasteiger partial charge in [0.05, 0.1) is 12.6 Å². The minimum absolute atomic E-state index is 0.361. The molecule has 1 aromatic rings. The van der Waals surface area contributed by atoms with Crippen molar-refractivity contribution >= 4 is 0 Å². The Hall–Kier alpha value is -1.01. The Balaban J connectivity index is 1.62. The van der Waals surface area contributed by atoms with Gasteiger partial charge in [-0.05, 0) is 36.6 Å². The molecular weight excluding hydrogens is 254 g/mol. The van der Waals surface area contributed by atoms with Gasteiger partial charge in [0.2, 0.25) is 0 Å². The van der Waals surface area contributed by atoms with Gasteiger partial charge in [0.1, 0.15) is 0 Å². The van der Waals surface area contributed by atoms with E-state index in [4.69, 9.17) is 4.74 Å². The molecule has 0 radical (unpaired) electrons. The predicted octanol–water partition coefficient (Wildman–Crippen LogP) is 1.43. The fraction of sp³-hybridized carbons (Fsp3) is 0.929. The van der Waals surface area contributed by atoms with Crippen LogP contribution in [0.15, 0.2) is 0 Å². The smallest absolute Gasteiger partial charge is 0.164 e. The highest BCUT2D eigenvalue weighted by Crippen LogP contribution is 2.53. The van der Waals surface area contributed by atoms with Crippen LogP contribution in [-0.4, -0.2) is 39.0 Å². The third kappa shape index (κ3) is 2.35. The molecule has 2 aliphatic carbocycles. The summed E-state index contributed by atoms with van der Waals surface area (Å²) in [4.78, 5) is 0. The van der Waals surface area contributed by atoms with E-state index in [2.05, 4.69) is 27.8 Å². The summed E-state index contributed by atoms with van der Waals surface area (Å²) in [6.45, 7) is 3.67. The van der Waals surface area contributed by atoms with E-state index < -0.39 is 0 Å². The minimum atomic E-state index is 0.361. The zero-order valence-electron chi connectivity index (χ0n) is 12.5. The number of hydrogen-bond donors (Lipinski definition) is 1. The normalized spacial score (nSPS) is 28.5. The molecule has 6 heteroatoms. The van der Waals surface area contributed by atoms with Crippen LogP contribution in [0.25, 0.3) is 0 Å². The molecule has 112 valence electrons. The largest absolute Gasteiger partial charge is 0.378 e. The summed E-state index contributed by atoms with van der Waals surface area (Å²) in [6, 6.07) is 0.552. The van der Waals surface area contributed by atoms with Gasteiger partial charge in [-0.15, -0.1) is 5.10 Å². The first kappa shape index (κ1) is 13.9. The lowest BCUT2D eigenvalue weighted by Gasteiger charge is -2.58. The molecule has 6 nitrogen and oxygen atoms in total. The Labute approximate surface area is 120 Å². The molecule has 2 saturated carbocycles. The summed E-state index contributed by atoms with van der Waals surface area (Å²) in [6.07, 6.45) is 8.22. The highest BCUT2D eigenvalue weighted by Gasteiger charge is 2.55. The van der Waals surface area contributed by atoms with Crippen molar-refractivity contribution in [3.63, 3.8) is 0 Å².